The van der Waals surface area contributed by atoms with Crippen LogP contribution in [0.4, 0.5) is 5.69 Å². The van der Waals surface area contributed by atoms with Crippen molar-refractivity contribution in [1.82, 2.24) is 0 Å². The van der Waals surface area contributed by atoms with E-state index in [-0.39, 0.29) is 0 Å². The fraction of sp³-hybridized carbons (Fsp3) is 0.294. The van der Waals surface area contributed by atoms with E-state index >= 15 is 0 Å². The Hall–Kier alpha value is -1.67. The van der Waals surface area contributed by atoms with E-state index in [2.05, 4.69) is 35.6 Å². The summed E-state index contributed by atoms with van der Waals surface area (Å²) in [6.07, 6.45) is 3.40. The summed E-state index contributed by atoms with van der Waals surface area (Å²) in [4.78, 5) is 0. The summed E-state index contributed by atoms with van der Waals surface area (Å²) < 4.78 is 5.31. The van der Waals surface area contributed by atoms with E-state index in [1.165, 1.54) is 12.0 Å². The van der Waals surface area contributed by atoms with Gasteiger partial charge >= 0.3 is 0 Å². The van der Waals surface area contributed by atoms with Crippen LogP contribution < -0.4 is 10.1 Å². The van der Waals surface area contributed by atoms with Gasteiger partial charge in [0.1, 0.15) is 5.75 Å². The van der Waals surface area contributed by atoms with Crippen LogP contribution >= 0.6 is 11.6 Å². The maximum atomic E-state index is 6.00. The number of halogens is 1. The van der Waals surface area contributed by atoms with E-state index in [4.69, 9.17) is 16.3 Å². The van der Waals surface area contributed by atoms with Crippen molar-refractivity contribution in [2.24, 2.45) is 0 Å². The Morgan fingerprint density at radius 3 is 2.60 bits per heavy atom. The number of hydrogen-bond acceptors (Lipinski definition) is 2. The van der Waals surface area contributed by atoms with E-state index in [1.807, 2.05) is 18.2 Å². The first kappa shape index (κ1) is 14.7. The summed E-state index contributed by atoms with van der Waals surface area (Å²) >= 11 is 6.00. The third-order valence-electron chi connectivity index (χ3n) is 3.21. The molecule has 0 saturated carbocycles. The van der Waals surface area contributed by atoms with Crippen LogP contribution in [0.25, 0.3) is 0 Å². The van der Waals surface area contributed by atoms with Gasteiger partial charge in [0.25, 0.3) is 0 Å². The van der Waals surface area contributed by atoms with Gasteiger partial charge in [-0.25, -0.2) is 0 Å². The highest BCUT2D eigenvalue weighted by Crippen LogP contribution is 2.27. The molecule has 0 radical (unpaired) electrons. The molecule has 1 N–H and O–H groups in total. The van der Waals surface area contributed by atoms with Crippen LogP contribution in [0, 0.1) is 0 Å². The van der Waals surface area contributed by atoms with Crippen molar-refractivity contribution < 1.29 is 4.74 Å². The Labute approximate surface area is 125 Å². The number of aryl methyl sites for hydroxylation is 1. The van der Waals surface area contributed by atoms with Crippen LogP contribution in [0.15, 0.2) is 48.5 Å². The monoisotopic (exact) mass is 289 g/mol. The Bertz CT molecular complexity index is 528. The van der Waals surface area contributed by atoms with Gasteiger partial charge < -0.3 is 10.1 Å². The highest BCUT2D eigenvalue weighted by molar-refractivity contribution is 6.30. The number of benzene rings is 2. The highest BCUT2D eigenvalue weighted by Gasteiger charge is 2.02. The summed E-state index contributed by atoms with van der Waals surface area (Å²) in [6.45, 7) is 0.920. The predicted molar refractivity (Wildman–Crippen MR) is 85.9 cm³/mol. The second kappa shape index (κ2) is 7.81. The number of rotatable bonds is 7. The summed E-state index contributed by atoms with van der Waals surface area (Å²) in [5.41, 5.74) is 2.35. The molecular weight excluding hydrogens is 270 g/mol. The van der Waals surface area contributed by atoms with Crippen LogP contribution in [0.3, 0.4) is 0 Å². The van der Waals surface area contributed by atoms with Crippen LogP contribution in [0.2, 0.25) is 5.02 Å². The summed E-state index contributed by atoms with van der Waals surface area (Å²) in [5.74, 6) is 0.831. The first-order chi connectivity index (χ1) is 9.79. The van der Waals surface area contributed by atoms with Crippen molar-refractivity contribution in [3.63, 3.8) is 0 Å². The molecule has 2 rings (SSSR count). The largest absolute Gasteiger partial charge is 0.495 e. The van der Waals surface area contributed by atoms with Gasteiger partial charge in [-0.1, -0.05) is 41.9 Å². The summed E-state index contributed by atoms with van der Waals surface area (Å²) in [5, 5.41) is 4.10. The van der Waals surface area contributed by atoms with Gasteiger partial charge in [-0.05, 0) is 43.0 Å². The normalized spacial score (nSPS) is 10.3. The van der Waals surface area contributed by atoms with Gasteiger partial charge in [-0.3, -0.25) is 0 Å². The average molecular weight is 290 g/mol. The van der Waals surface area contributed by atoms with E-state index in [0.29, 0.717) is 0 Å². The maximum absolute atomic E-state index is 6.00. The molecule has 0 unspecified atom stereocenters. The van der Waals surface area contributed by atoms with Crippen LogP contribution in [0.1, 0.15) is 18.4 Å². The van der Waals surface area contributed by atoms with Gasteiger partial charge in [0.15, 0.2) is 0 Å². The molecule has 0 spiro atoms. The number of nitrogens with one attached hydrogen (secondary N) is 1. The van der Waals surface area contributed by atoms with Gasteiger partial charge in [-0.2, -0.15) is 0 Å². The van der Waals surface area contributed by atoms with Gasteiger partial charge in [-0.15, -0.1) is 0 Å². The molecular formula is C17H20ClNO. The fourth-order valence-electron chi connectivity index (χ4n) is 2.14. The topological polar surface area (TPSA) is 21.3 Å². The second-order valence-electron chi connectivity index (χ2n) is 4.71. The zero-order chi connectivity index (χ0) is 14.2. The molecule has 0 atom stereocenters. The van der Waals surface area contributed by atoms with E-state index in [0.717, 1.165) is 35.8 Å². The van der Waals surface area contributed by atoms with Crippen LogP contribution in [-0.2, 0) is 6.42 Å². The maximum Gasteiger partial charge on any atom is 0.142 e. The predicted octanol–water partition coefficient (Wildman–Crippen LogP) is 4.78. The standard InChI is InChI=1S/C17H20ClNO/c1-20-17-11-10-15(18)13-16(17)19-12-6-5-9-14-7-3-2-4-8-14/h2-4,7-8,10-11,13,19H,5-6,9,12H2,1H3. The summed E-state index contributed by atoms with van der Waals surface area (Å²) in [6, 6.07) is 16.2. The van der Waals surface area contributed by atoms with Gasteiger partial charge in [0, 0.05) is 11.6 Å². The molecule has 2 aromatic carbocycles. The zero-order valence-corrected chi connectivity index (χ0v) is 12.5. The van der Waals surface area contributed by atoms with Crippen molar-refractivity contribution in [3.05, 3.63) is 59.1 Å². The Morgan fingerprint density at radius 2 is 1.85 bits per heavy atom. The minimum Gasteiger partial charge on any atom is -0.495 e. The Balaban J connectivity index is 1.75. The molecule has 0 aliphatic rings. The van der Waals surface area contributed by atoms with E-state index in [9.17, 15) is 0 Å². The molecule has 0 aromatic heterocycles. The minimum absolute atomic E-state index is 0.720. The van der Waals surface area contributed by atoms with Crippen molar-refractivity contribution in [2.45, 2.75) is 19.3 Å². The van der Waals surface area contributed by atoms with E-state index < -0.39 is 0 Å². The van der Waals surface area contributed by atoms with Gasteiger partial charge in [0.05, 0.1) is 12.8 Å². The minimum atomic E-state index is 0.720. The lowest BCUT2D eigenvalue weighted by molar-refractivity contribution is 0.416. The third-order valence-corrected chi connectivity index (χ3v) is 3.45. The molecule has 0 bridgehead atoms. The van der Waals surface area contributed by atoms with Crippen LogP contribution in [-0.4, -0.2) is 13.7 Å². The zero-order valence-electron chi connectivity index (χ0n) is 11.7. The second-order valence-corrected chi connectivity index (χ2v) is 5.15. The molecule has 0 aliphatic heterocycles. The first-order valence-corrected chi connectivity index (χ1v) is 7.29. The van der Waals surface area contributed by atoms with Crippen molar-refractivity contribution >= 4 is 17.3 Å². The Kier molecular flexibility index (Phi) is 5.75. The van der Waals surface area contributed by atoms with Crippen molar-refractivity contribution in [1.29, 1.82) is 0 Å². The number of hydrogen-bond donors (Lipinski definition) is 1. The fourth-order valence-corrected chi connectivity index (χ4v) is 2.31. The average Bonchev–Trinajstić information content (AvgIpc) is 2.48. The molecule has 3 heteroatoms. The third kappa shape index (κ3) is 4.46. The van der Waals surface area contributed by atoms with Gasteiger partial charge in [0.2, 0.25) is 0 Å². The van der Waals surface area contributed by atoms with E-state index in [1.54, 1.807) is 7.11 Å². The molecule has 20 heavy (non-hydrogen) atoms. The lowest BCUT2D eigenvalue weighted by Gasteiger charge is -2.11. The van der Waals surface area contributed by atoms with Crippen molar-refractivity contribution in [2.75, 3.05) is 19.0 Å². The number of unbranched alkanes of at least 4 members (excludes halogenated alkanes) is 1. The SMILES string of the molecule is COc1ccc(Cl)cc1NCCCCc1ccccc1. The number of methoxy groups -OCH3 is 1. The quantitative estimate of drug-likeness (QED) is 0.740. The lowest BCUT2D eigenvalue weighted by Crippen LogP contribution is -2.03. The first-order valence-electron chi connectivity index (χ1n) is 6.91. The molecule has 0 amide bonds. The molecule has 2 aromatic rings. The number of anilines is 1. The molecule has 106 valence electrons. The Morgan fingerprint density at radius 1 is 1.05 bits per heavy atom. The van der Waals surface area contributed by atoms with Crippen molar-refractivity contribution in [3.8, 4) is 5.75 Å². The number of ether oxygens (including phenoxy) is 1. The molecule has 0 heterocycles. The molecule has 2 nitrogen and oxygen atoms in total. The van der Waals surface area contributed by atoms with Crippen LogP contribution in [0.5, 0.6) is 5.75 Å². The molecule has 0 aliphatic carbocycles. The smallest absolute Gasteiger partial charge is 0.142 e. The highest BCUT2D eigenvalue weighted by atomic mass is 35.5. The lowest BCUT2D eigenvalue weighted by atomic mass is 10.1. The molecule has 0 fully saturated rings. The molecule has 0 saturated heterocycles. The summed E-state index contributed by atoms with van der Waals surface area (Å²) in [7, 11) is 1.67.